The zero-order valence-electron chi connectivity index (χ0n) is 13.4. The van der Waals surface area contributed by atoms with E-state index >= 15 is 0 Å². The summed E-state index contributed by atoms with van der Waals surface area (Å²) in [5.41, 5.74) is -1.14. The molecule has 1 aliphatic rings. The number of rotatable bonds is 4. The van der Waals surface area contributed by atoms with Crippen LogP contribution in [0.4, 0.5) is 0 Å². The number of carbonyl (C=O) groups is 2. The van der Waals surface area contributed by atoms with Gasteiger partial charge in [-0.3, -0.25) is 4.79 Å². The number of nitrogens with zero attached hydrogens (tertiary/aromatic N) is 2. The number of hydrogen-bond donors (Lipinski definition) is 1. The molecule has 9 heteroatoms. The zero-order valence-corrected chi connectivity index (χ0v) is 15.7. The largest absolute Gasteiger partial charge is 0.448 e. The molecular formula is C16H16Cl3N3O3. The molecular weight excluding hydrogens is 389 g/mol. The minimum Gasteiger partial charge on any atom is -0.448 e. The quantitative estimate of drug-likeness (QED) is 0.768. The molecule has 0 unspecified atom stereocenters. The Morgan fingerprint density at radius 3 is 2.52 bits per heavy atom. The van der Waals surface area contributed by atoms with Crippen molar-refractivity contribution >= 4 is 46.7 Å². The molecule has 1 fully saturated rings. The van der Waals surface area contributed by atoms with Crippen LogP contribution in [0.25, 0.3) is 0 Å². The maximum Gasteiger partial charge on any atom is 0.359 e. The Morgan fingerprint density at radius 1 is 1.28 bits per heavy atom. The topological polar surface area (TPSA) is 92.1 Å². The highest BCUT2D eigenvalue weighted by Gasteiger charge is 2.35. The maximum atomic E-state index is 12.3. The third-order valence-electron chi connectivity index (χ3n) is 4.05. The monoisotopic (exact) mass is 403 g/mol. The van der Waals surface area contributed by atoms with E-state index in [1.807, 2.05) is 0 Å². The molecule has 1 aromatic rings. The fourth-order valence-corrected chi connectivity index (χ4v) is 3.17. The molecule has 0 radical (unpaired) electrons. The van der Waals surface area contributed by atoms with Gasteiger partial charge < -0.3 is 10.1 Å². The number of halogens is 3. The third-order valence-corrected chi connectivity index (χ3v) is 5.29. The SMILES string of the molecule is C[C@@H](OC(=O)c1ncc(Cl)c(Cl)c1Cl)C(=O)NC1(C#N)CCCCC1. The van der Waals surface area contributed by atoms with Gasteiger partial charge in [0.15, 0.2) is 11.8 Å². The third kappa shape index (κ3) is 4.55. The van der Waals surface area contributed by atoms with Crippen LogP contribution in [-0.2, 0) is 9.53 Å². The number of ether oxygens (including phenoxy) is 1. The van der Waals surface area contributed by atoms with Gasteiger partial charge in [-0.25, -0.2) is 9.78 Å². The minimum atomic E-state index is -1.12. The summed E-state index contributed by atoms with van der Waals surface area (Å²) in [7, 11) is 0. The summed E-state index contributed by atoms with van der Waals surface area (Å²) in [4.78, 5) is 28.3. The summed E-state index contributed by atoms with van der Waals surface area (Å²) in [6.45, 7) is 1.41. The van der Waals surface area contributed by atoms with Crippen LogP contribution in [0.15, 0.2) is 6.20 Å². The maximum absolute atomic E-state index is 12.3. The van der Waals surface area contributed by atoms with Crippen molar-refractivity contribution in [1.29, 1.82) is 5.26 Å². The molecule has 1 aliphatic carbocycles. The molecule has 1 aromatic heterocycles. The van der Waals surface area contributed by atoms with Gasteiger partial charge in [-0.05, 0) is 19.8 Å². The van der Waals surface area contributed by atoms with Crippen molar-refractivity contribution in [3.05, 3.63) is 27.0 Å². The second-order valence-corrected chi connectivity index (χ2v) is 7.04. The summed E-state index contributed by atoms with van der Waals surface area (Å²) in [5.74, 6) is -1.45. The summed E-state index contributed by atoms with van der Waals surface area (Å²) in [6.07, 6.45) is 3.98. The van der Waals surface area contributed by atoms with Gasteiger partial charge in [0.1, 0.15) is 5.54 Å². The van der Waals surface area contributed by atoms with Crippen molar-refractivity contribution in [1.82, 2.24) is 10.3 Å². The number of amides is 1. The number of esters is 1. The Hall–Kier alpha value is -1.55. The number of hydrogen-bond acceptors (Lipinski definition) is 5. The second-order valence-electron chi connectivity index (χ2n) is 5.87. The number of nitrogens with one attached hydrogen (secondary N) is 1. The van der Waals surface area contributed by atoms with Gasteiger partial charge in [0.2, 0.25) is 0 Å². The van der Waals surface area contributed by atoms with Crippen LogP contribution in [-0.4, -0.2) is 28.5 Å². The van der Waals surface area contributed by atoms with E-state index < -0.39 is 23.5 Å². The van der Waals surface area contributed by atoms with Gasteiger partial charge in [0.25, 0.3) is 5.91 Å². The predicted molar refractivity (Wildman–Crippen MR) is 93.7 cm³/mol. The lowest BCUT2D eigenvalue weighted by Gasteiger charge is -2.32. The van der Waals surface area contributed by atoms with Crippen molar-refractivity contribution in [2.24, 2.45) is 0 Å². The fraction of sp³-hybridized carbons (Fsp3) is 0.500. The minimum absolute atomic E-state index is 0.0203. The van der Waals surface area contributed by atoms with E-state index in [-0.39, 0.29) is 20.8 Å². The van der Waals surface area contributed by atoms with E-state index in [0.717, 1.165) is 19.3 Å². The molecule has 6 nitrogen and oxygen atoms in total. The molecule has 1 N–H and O–H groups in total. The van der Waals surface area contributed by atoms with Crippen molar-refractivity contribution in [3.63, 3.8) is 0 Å². The van der Waals surface area contributed by atoms with E-state index in [2.05, 4.69) is 16.4 Å². The van der Waals surface area contributed by atoms with Gasteiger partial charge in [-0.15, -0.1) is 0 Å². The highest BCUT2D eigenvalue weighted by atomic mass is 35.5. The fourth-order valence-electron chi connectivity index (χ4n) is 2.61. The zero-order chi connectivity index (χ0) is 18.6. The average Bonchev–Trinajstić information content (AvgIpc) is 2.60. The molecule has 1 atom stereocenters. The molecule has 0 aromatic carbocycles. The lowest BCUT2D eigenvalue weighted by molar-refractivity contribution is -0.130. The average molecular weight is 405 g/mol. The van der Waals surface area contributed by atoms with Crippen LogP contribution in [0.2, 0.25) is 15.1 Å². The van der Waals surface area contributed by atoms with E-state index in [1.165, 1.54) is 13.1 Å². The summed E-state index contributed by atoms with van der Waals surface area (Å²) in [6, 6.07) is 2.17. The summed E-state index contributed by atoms with van der Waals surface area (Å²) < 4.78 is 5.10. The van der Waals surface area contributed by atoms with Gasteiger partial charge in [0, 0.05) is 6.20 Å². The molecule has 1 heterocycles. The number of nitriles is 1. The van der Waals surface area contributed by atoms with Crippen LogP contribution in [0.3, 0.4) is 0 Å². The van der Waals surface area contributed by atoms with E-state index in [9.17, 15) is 14.9 Å². The molecule has 134 valence electrons. The number of pyridine rings is 1. The molecule has 25 heavy (non-hydrogen) atoms. The summed E-state index contributed by atoms with van der Waals surface area (Å²) >= 11 is 17.6. The number of aromatic nitrogens is 1. The van der Waals surface area contributed by atoms with Crippen molar-refractivity contribution in [3.8, 4) is 6.07 Å². The van der Waals surface area contributed by atoms with Gasteiger partial charge in [-0.1, -0.05) is 54.1 Å². The van der Waals surface area contributed by atoms with Crippen molar-refractivity contribution in [2.45, 2.75) is 50.7 Å². The first-order valence-corrected chi connectivity index (χ1v) is 8.87. The Morgan fingerprint density at radius 2 is 1.92 bits per heavy atom. The molecule has 0 aliphatic heterocycles. The Kier molecular flexibility index (Phi) is 6.50. The molecule has 2 rings (SSSR count). The normalized spacial score (nSPS) is 17.2. The van der Waals surface area contributed by atoms with Crippen LogP contribution >= 0.6 is 34.8 Å². The van der Waals surface area contributed by atoms with Crippen LogP contribution in [0, 0.1) is 11.3 Å². The van der Waals surface area contributed by atoms with Crippen LogP contribution in [0.1, 0.15) is 49.5 Å². The highest BCUT2D eigenvalue weighted by molar-refractivity contribution is 6.48. The smallest absolute Gasteiger partial charge is 0.359 e. The standard InChI is InChI=1S/C16H16Cl3N3O3/c1-9(14(23)22-16(8-20)5-3-2-4-6-16)25-15(24)13-12(19)11(18)10(17)7-21-13/h7,9H,2-6H2,1H3,(H,22,23)/t9-/m1/s1. The van der Waals surface area contributed by atoms with Gasteiger partial charge in [-0.2, -0.15) is 5.26 Å². The molecule has 0 bridgehead atoms. The first-order chi connectivity index (χ1) is 11.8. The molecule has 1 amide bonds. The lowest BCUT2D eigenvalue weighted by Crippen LogP contribution is -2.52. The lowest BCUT2D eigenvalue weighted by atomic mass is 9.83. The van der Waals surface area contributed by atoms with Gasteiger partial charge >= 0.3 is 5.97 Å². The Labute approximate surface area is 160 Å². The second kappa shape index (κ2) is 8.22. The van der Waals surface area contributed by atoms with E-state index in [1.54, 1.807) is 0 Å². The van der Waals surface area contributed by atoms with Gasteiger partial charge in [0.05, 0.1) is 21.1 Å². The van der Waals surface area contributed by atoms with Crippen molar-refractivity contribution < 1.29 is 14.3 Å². The molecule has 0 spiro atoms. The van der Waals surface area contributed by atoms with Crippen molar-refractivity contribution in [2.75, 3.05) is 0 Å². The summed E-state index contributed by atoms with van der Waals surface area (Å²) in [5, 5.41) is 12.0. The Bertz CT molecular complexity index is 727. The number of carbonyl (C=O) groups excluding carboxylic acids is 2. The molecule has 1 saturated carbocycles. The van der Waals surface area contributed by atoms with Crippen LogP contribution < -0.4 is 5.32 Å². The van der Waals surface area contributed by atoms with E-state index in [4.69, 9.17) is 39.5 Å². The molecule has 0 saturated heterocycles. The highest BCUT2D eigenvalue weighted by Crippen LogP contribution is 2.31. The first kappa shape index (κ1) is 19.8. The van der Waals surface area contributed by atoms with Crippen LogP contribution in [0.5, 0.6) is 0 Å². The van der Waals surface area contributed by atoms with E-state index in [0.29, 0.717) is 12.8 Å². The first-order valence-electron chi connectivity index (χ1n) is 7.73. The Balaban J connectivity index is 2.05. The predicted octanol–water partition coefficient (Wildman–Crippen LogP) is 3.93.